The number of rotatable bonds is 6. The Balaban J connectivity index is 1.44. The lowest BCUT2D eigenvalue weighted by atomic mass is 9.96. The number of benzene rings is 2. The van der Waals surface area contributed by atoms with Gasteiger partial charge in [-0.05, 0) is 56.5 Å². The normalized spacial score (nSPS) is 14.5. The Morgan fingerprint density at radius 3 is 2.31 bits per heavy atom. The Hall–Kier alpha value is -3.02. The molecule has 1 aliphatic rings. The van der Waals surface area contributed by atoms with E-state index in [0.29, 0.717) is 32.5 Å². The number of hydrogen-bond acceptors (Lipinski definition) is 3. The zero-order valence-electron chi connectivity index (χ0n) is 17.1. The van der Waals surface area contributed by atoms with Gasteiger partial charge < -0.3 is 20.3 Å². The van der Waals surface area contributed by atoms with E-state index >= 15 is 0 Å². The third-order valence-corrected chi connectivity index (χ3v) is 4.94. The number of carbonyl (C=O) groups is 2. The van der Waals surface area contributed by atoms with Crippen molar-refractivity contribution in [2.24, 2.45) is 5.92 Å². The third-order valence-electron chi connectivity index (χ3n) is 4.94. The average molecular weight is 396 g/mol. The lowest BCUT2D eigenvalue weighted by Gasteiger charge is -2.32. The summed E-state index contributed by atoms with van der Waals surface area (Å²) in [4.78, 5) is 26.4. The van der Waals surface area contributed by atoms with Crippen molar-refractivity contribution in [2.45, 2.75) is 39.3 Å². The van der Waals surface area contributed by atoms with Crippen molar-refractivity contribution in [1.29, 1.82) is 0 Å². The van der Waals surface area contributed by atoms with Crippen molar-refractivity contribution >= 4 is 17.6 Å². The first kappa shape index (κ1) is 20.7. The smallest absolute Gasteiger partial charge is 0.317 e. The highest BCUT2D eigenvalue weighted by Gasteiger charge is 2.27. The second-order valence-electron chi connectivity index (χ2n) is 7.65. The number of amides is 3. The van der Waals surface area contributed by atoms with E-state index in [-0.39, 0.29) is 23.9 Å². The molecule has 0 atom stereocenters. The summed E-state index contributed by atoms with van der Waals surface area (Å²) in [6.07, 6.45) is 1.35. The fourth-order valence-corrected chi connectivity index (χ4v) is 3.30. The monoisotopic (exact) mass is 395 g/mol. The Morgan fingerprint density at radius 2 is 1.69 bits per heavy atom. The number of nitrogens with zero attached hydrogens (tertiary/aromatic N) is 1. The van der Waals surface area contributed by atoms with E-state index in [1.165, 1.54) is 0 Å². The van der Waals surface area contributed by atoms with Crippen LogP contribution in [0.1, 0.15) is 32.3 Å². The largest absolute Gasteiger partial charge is 0.489 e. The first-order chi connectivity index (χ1) is 14.0. The minimum absolute atomic E-state index is 0.00636. The summed E-state index contributed by atoms with van der Waals surface area (Å²) in [5.74, 6) is 0.690. The third kappa shape index (κ3) is 6.24. The number of ether oxygens (including phenoxy) is 1. The van der Waals surface area contributed by atoms with E-state index in [0.717, 1.165) is 17.0 Å². The maximum atomic E-state index is 12.6. The summed E-state index contributed by atoms with van der Waals surface area (Å²) in [6.45, 7) is 5.59. The minimum Gasteiger partial charge on any atom is -0.489 e. The number of anilines is 1. The van der Waals surface area contributed by atoms with Crippen molar-refractivity contribution in [3.05, 3.63) is 60.2 Å². The molecule has 29 heavy (non-hydrogen) atoms. The van der Waals surface area contributed by atoms with Crippen LogP contribution >= 0.6 is 0 Å². The molecule has 0 bridgehead atoms. The van der Waals surface area contributed by atoms with E-state index < -0.39 is 0 Å². The standard InChI is InChI=1S/C23H29N3O3/c1-17(2)24-23(28)26-14-12-19(13-15-26)22(27)25-20-8-10-21(11-9-20)29-16-18-6-4-3-5-7-18/h3-11,17,19H,12-16H2,1-2H3,(H,24,28)(H,25,27). The fraction of sp³-hybridized carbons (Fsp3) is 0.391. The summed E-state index contributed by atoms with van der Waals surface area (Å²) < 4.78 is 5.77. The molecule has 0 radical (unpaired) electrons. The molecule has 1 heterocycles. The molecule has 0 unspecified atom stereocenters. The van der Waals surface area contributed by atoms with Crippen LogP contribution in [0, 0.1) is 5.92 Å². The molecular formula is C23H29N3O3. The van der Waals surface area contributed by atoms with Gasteiger partial charge in [-0.3, -0.25) is 4.79 Å². The number of nitrogens with one attached hydrogen (secondary N) is 2. The van der Waals surface area contributed by atoms with Crippen LogP contribution in [0.3, 0.4) is 0 Å². The van der Waals surface area contributed by atoms with Crippen LogP contribution in [-0.4, -0.2) is 36.0 Å². The topological polar surface area (TPSA) is 70.7 Å². The van der Waals surface area contributed by atoms with E-state index in [4.69, 9.17) is 4.74 Å². The van der Waals surface area contributed by atoms with Gasteiger partial charge >= 0.3 is 6.03 Å². The Morgan fingerprint density at radius 1 is 1.03 bits per heavy atom. The Labute approximate surface area is 172 Å². The Kier molecular flexibility index (Phi) is 7.11. The van der Waals surface area contributed by atoms with Gasteiger partial charge in [0, 0.05) is 30.7 Å². The highest BCUT2D eigenvalue weighted by atomic mass is 16.5. The quantitative estimate of drug-likeness (QED) is 0.776. The molecule has 3 rings (SSSR count). The van der Waals surface area contributed by atoms with Crippen molar-refractivity contribution < 1.29 is 14.3 Å². The van der Waals surface area contributed by atoms with Gasteiger partial charge in [0.2, 0.25) is 5.91 Å². The lowest BCUT2D eigenvalue weighted by Crippen LogP contribution is -2.47. The van der Waals surface area contributed by atoms with Gasteiger partial charge in [0.05, 0.1) is 0 Å². The number of urea groups is 1. The van der Waals surface area contributed by atoms with Crippen LogP contribution in [0.4, 0.5) is 10.5 Å². The minimum atomic E-state index is -0.0768. The van der Waals surface area contributed by atoms with Crippen LogP contribution in [0.25, 0.3) is 0 Å². The highest BCUT2D eigenvalue weighted by molar-refractivity contribution is 5.92. The van der Waals surface area contributed by atoms with Gasteiger partial charge in [0.1, 0.15) is 12.4 Å². The molecule has 1 fully saturated rings. The predicted molar refractivity (Wildman–Crippen MR) is 114 cm³/mol. The average Bonchev–Trinajstić information content (AvgIpc) is 2.73. The number of hydrogen-bond donors (Lipinski definition) is 2. The maximum absolute atomic E-state index is 12.6. The zero-order valence-corrected chi connectivity index (χ0v) is 17.1. The summed E-state index contributed by atoms with van der Waals surface area (Å²) in [7, 11) is 0. The molecule has 2 aromatic carbocycles. The summed E-state index contributed by atoms with van der Waals surface area (Å²) >= 11 is 0. The van der Waals surface area contributed by atoms with Gasteiger partial charge in [-0.2, -0.15) is 0 Å². The van der Waals surface area contributed by atoms with Crippen molar-refractivity contribution in [2.75, 3.05) is 18.4 Å². The van der Waals surface area contributed by atoms with Crippen molar-refractivity contribution in [3.63, 3.8) is 0 Å². The van der Waals surface area contributed by atoms with Gasteiger partial charge in [-0.1, -0.05) is 30.3 Å². The van der Waals surface area contributed by atoms with Crippen molar-refractivity contribution in [1.82, 2.24) is 10.2 Å². The van der Waals surface area contributed by atoms with E-state index in [2.05, 4.69) is 10.6 Å². The van der Waals surface area contributed by atoms with Crippen LogP contribution in [0.5, 0.6) is 5.75 Å². The van der Waals surface area contributed by atoms with E-state index in [9.17, 15) is 9.59 Å². The summed E-state index contributed by atoms with van der Waals surface area (Å²) in [6, 6.07) is 17.5. The van der Waals surface area contributed by atoms with Crippen LogP contribution in [0.15, 0.2) is 54.6 Å². The molecule has 1 saturated heterocycles. The van der Waals surface area contributed by atoms with E-state index in [1.54, 1.807) is 4.90 Å². The zero-order chi connectivity index (χ0) is 20.6. The molecule has 0 aromatic heterocycles. The molecular weight excluding hydrogens is 366 g/mol. The first-order valence-electron chi connectivity index (χ1n) is 10.1. The molecule has 3 amide bonds. The maximum Gasteiger partial charge on any atom is 0.317 e. The SMILES string of the molecule is CC(C)NC(=O)N1CCC(C(=O)Nc2ccc(OCc3ccccc3)cc2)CC1. The molecule has 1 aliphatic heterocycles. The molecule has 0 aliphatic carbocycles. The second kappa shape index (κ2) is 9.96. The fourth-order valence-electron chi connectivity index (χ4n) is 3.30. The molecule has 6 nitrogen and oxygen atoms in total. The number of piperidine rings is 1. The Bertz CT molecular complexity index is 798. The molecule has 154 valence electrons. The number of likely N-dealkylation sites (tertiary alicyclic amines) is 1. The molecule has 2 aromatic rings. The first-order valence-corrected chi connectivity index (χ1v) is 10.1. The second-order valence-corrected chi connectivity index (χ2v) is 7.65. The summed E-state index contributed by atoms with van der Waals surface area (Å²) in [5, 5.41) is 5.87. The van der Waals surface area contributed by atoms with Crippen LogP contribution in [-0.2, 0) is 11.4 Å². The molecule has 0 saturated carbocycles. The van der Waals surface area contributed by atoms with Gasteiger partial charge in [-0.25, -0.2) is 4.79 Å². The van der Waals surface area contributed by atoms with E-state index in [1.807, 2.05) is 68.4 Å². The van der Waals surface area contributed by atoms with Gasteiger partial charge in [0.15, 0.2) is 0 Å². The molecule has 6 heteroatoms. The highest BCUT2D eigenvalue weighted by Crippen LogP contribution is 2.21. The molecule has 0 spiro atoms. The predicted octanol–water partition coefficient (Wildman–Crippen LogP) is 4.03. The molecule has 2 N–H and O–H groups in total. The van der Waals surface area contributed by atoms with Gasteiger partial charge in [-0.15, -0.1) is 0 Å². The summed E-state index contributed by atoms with van der Waals surface area (Å²) in [5.41, 5.74) is 1.86. The van der Waals surface area contributed by atoms with Crippen molar-refractivity contribution in [3.8, 4) is 5.75 Å². The van der Waals surface area contributed by atoms with Gasteiger partial charge in [0.25, 0.3) is 0 Å². The van der Waals surface area contributed by atoms with Crippen LogP contribution in [0.2, 0.25) is 0 Å². The lowest BCUT2D eigenvalue weighted by molar-refractivity contribution is -0.121. The van der Waals surface area contributed by atoms with Crippen LogP contribution < -0.4 is 15.4 Å². The number of carbonyl (C=O) groups excluding carboxylic acids is 2.